The highest BCUT2D eigenvalue weighted by Gasteiger charge is 2.16. The van der Waals surface area contributed by atoms with Gasteiger partial charge in [0.25, 0.3) is 0 Å². The number of aromatic nitrogens is 2. The Kier molecular flexibility index (Phi) is 5.84. The molecule has 1 aromatic carbocycles. The molecule has 1 atom stereocenters. The van der Waals surface area contributed by atoms with Crippen molar-refractivity contribution in [3.8, 4) is 11.3 Å². The van der Waals surface area contributed by atoms with Crippen molar-refractivity contribution in [1.29, 1.82) is 0 Å². The van der Waals surface area contributed by atoms with Crippen molar-refractivity contribution < 1.29 is 9.18 Å². The normalized spacial score (nSPS) is 15.2. The largest absolute Gasteiger partial charge is 0.324 e. The van der Waals surface area contributed by atoms with Gasteiger partial charge in [0.05, 0.1) is 35.7 Å². The van der Waals surface area contributed by atoms with Gasteiger partial charge in [0, 0.05) is 23.5 Å². The Labute approximate surface area is 180 Å². The fraction of sp³-hybridized carbons (Fsp3) is 0.167. The molecule has 0 fully saturated rings. The summed E-state index contributed by atoms with van der Waals surface area (Å²) >= 11 is 0. The van der Waals surface area contributed by atoms with Crippen LogP contribution >= 0.6 is 0 Å². The predicted molar refractivity (Wildman–Crippen MR) is 120 cm³/mol. The van der Waals surface area contributed by atoms with Gasteiger partial charge >= 0.3 is 0 Å². The third-order valence-corrected chi connectivity index (χ3v) is 5.00. The van der Waals surface area contributed by atoms with Gasteiger partial charge in [-0.25, -0.2) is 4.39 Å². The standard InChI is InChI=1S/C24H22FN5O/c1-15-10-17(13-27-24(15)21-8-9-28-30-16(21)2)11-23(31)29-20-6-7-22(26-14-20)18-4-3-5-19(25)12-18/h3-10,12-14,16,30H,11H2,1-2H3,(H,29,31). The number of nitrogens with zero attached hydrogens (tertiary/aromatic N) is 3. The van der Waals surface area contributed by atoms with E-state index in [4.69, 9.17) is 0 Å². The number of hydrogen-bond donors (Lipinski definition) is 2. The van der Waals surface area contributed by atoms with Crippen molar-refractivity contribution in [3.05, 3.63) is 83.6 Å². The Morgan fingerprint density at radius 3 is 2.74 bits per heavy atom. The molecule has 6 nitrogen and oxygen atoms in total. The van der Waals surface area contributed by atoms with Crippen molar-refractivity contribution in [3.63, 3.8) is 0 Å². The molecular weight excluding hydrogens is 393 g/mol. The molecule has 0 saturated heterocycles. The van der Waals surface area contributed by atoms with Crippen LogP contribution in [-0.4, -0.2) is 28.1 Å². The van der Waals surface area contributed by atoms with E-state index in [1.54, 1.807) is 42.9 Å². The second-order valence-corrected chi connectivity index (χ2v) is 7.43. The molecule has 1 unspecified atom stereocenters. The molecule has 2 aromatic heterocycles. The van der Waals surface area contributed by atoms with Gasteiger partial charge in [-0.1, -0.05) is 18.2 Å². The molecule has 1 aliphatic heterocycles. The summed E-state index contributed by atoms with van der Waals surface area (Å²) < 4.78 is 13.4. The van der Waals surface area contributed by atoms with Crippen molar-refractivity contribution in [1.82, 2.24) is 15.4 Å². The smallest absolute Gasteiger partial charge is 0.228 e. The molecule has 7 heteroatoms. The first-order valence-electron chi connectivity index (χ1n) is 9.96. The lowest BCUT2D eigenvalue weighted by Gasteiger charge is -2.19. The van der Waals surface area contributed by atoms with Gasteiger partial charge < -0.3 is 10.7 Å². The number of aryl methyl sites for hydroxylation is 1. The minimum atomic E-state index is -0.315. The number of allylic oxidation sites excluding steroid dienone is 1. The van der Waals surface area contributed by atoms with Crippen LogP contribution in [0.1, 0.15) is 23.7 Å². The van der Waals surface area contributed by atoms with Crippen LogP contribution in [0, 0.1) is 12.7 Å². The van der Waals surface area contributed by atoms with E-state index in [0.717, 1.165) is 22.4 Å². The van der Waals surface area contributed by atoms with Crippen LogP contribution in [0.3, 0.4) is 0 Å². The lowest BCUT2D eigenvalue weighted by Crippen LogP contribution is -2.26. The van der Waals surface area contributed by atoms with Crippen LogP contribution in [0.2, 0.25) is 0 Å². The van der Waals surface area contributed by atoms with E-state index >= 15 is 0 Å². The number of hydrazone groups is 1. The van der Waals surface area contributed by atoms with Gasteiger partial charge in [0.1, 0.15) is 5.82 Å². The summed E-state index contributed by atoms with van der Waals surface area (Å²) in [5, 5.41) is 6.88. The van der Waals surface area contributed by atoms with Crippen molar-refractivity contribution in [2.75, 3.05) is 5.32 Å². The second kappa shape index (κ2) is 8.87. The van der Waals surface area contributed by atoms with E-state index in [1.807, 2.05) is 26.0 Å². The van der Waals surface area contributed by atoms with Gasteiger partial charge in [0.15, 0.2) is 0 Å². The van der Waals surface area contributed by atoms with Crippen LogP contribution in [-0.2, 0) is 11.2 Å². The van der Waals surface area contributed by atoms with Gasteiger partial charge in [-0.2, -0.15) is 5.10 Å². The number of amides is 1. The first-order chi connectivity index (χ1) is 15.0. The van der Waals surface area contributed by atoms with E-state index in [1.165, 1.54) is 12.1 Å². The molecule has 0 bridgehead atoms. The maximum Gasteiger partial charge on any atom is 0.228 e. The van der Waals surface area contributed by atoms with E-state index < -0.39 is 0 Å². The van der Waals surface area contributed by atoms with Gasteiger partial charge in [-0.3, -0.25) is 14.8 Å². The number of benzene rings is 1. The number of rotatable bonds is 5. The molecule has 3 aromatic rings. The van der Waals surface area contributed by atoms with Gasteiger partial charge in [-0.05, 0) is 55.3 Å². The molecule has 156 valence electrons. The molecule has 0 spiro atoms. The number of anilines is 1. The summed E-state index contributed by atoms with van der Waals surface area (Å²) in [4.78, 5) is 21.4. The minimum Gasteiger partial charge on any atom is -0.324 e. The third-order valence-electron chi connectivity index (χ3n) is 5.00. The summed E-state index contributed by atoms with van der Waals surface area (Å²) in [6, 6.07) is 11.8. The fourth-order valence-corrected chi connectivity index (χ4v) is 3.48. The zero-order valence-corrected chi connectivity index (χ0v) is 17.3. The number of carbonyl (C=O) groups is 1. The van der Waals surface area contributed by atoms with Crippen molar-refractivity contribution in [2.24, 2.45) is 5.10 Å². The molecule has 3 heterocycles. The zero-order valence-electron chi connectivity index (χ0n) is 17.3. The average molecular weight is 415 g/mol. The molecule has 4 rings (SSSR count). The summed E-state index contributed by atoms with van der Waals surface area (Å²) in [6.45, 7) is 4.01. The van der Waals surface area contributed by atoms with Crippen LogP contribution in [0.4, 0.5) is 10.1 Å². The molecular formula is C24H22FN5O. The zero-order chi connectivity index (χ0) is 21.8. The Morgan fingerprint density at radius 2 is 2.03 bits per heavy atom. The quantitative estimate of drug-likeness (QED) is 0.657. The van der Waals surface area contributed by atoms with E-state index in [-0.39, 0.29) is 24.2 Å². The molecule has 1 amide bonds. The number of hydrogen-bond acceptors (Lipinski definition) is 5. The fourth-order valence-electron chi connectivity index (χ4n) is 3.48. The number of halogens is 1. The second-order valence-electron chi connectivity index (χ2n) is 7.43. The number of nitrogens with one attached hydrogen (secondary N) is 2. The maximum absolute atomic E-state index is 13.4. The van der Waals surface area contributed by atoms with Gasteiger partial charge in [-0.15, -0.1) is 0 Å². The minimum absolute atomic E-state index is 0.0770. The van der Waals surface area contributed by atoms with Crippen LogP contribution in [0.5, 0.6) is 0 Å². The topological polar surface area (TPSA) is 79.3 Å². The molecule has 1 aliphatic rings. The Hall–Kier alpha value is -3.87. The Balaban J connectivity index is 1.41. The maximum atomic E-state index is 13.4. The molecule has 31 heavy (non-hydrogen) atoms. The summed E-state index contributed by atoms with van der Waals surface area (Å²) in [7, 11) is 0. The first kappa shape index (κ1) is 20.4. The van der Waals surface area contributed by atoms with E-state index in [0.29, 0.717) is 16.9 Å². The van der Waals surface area contributed by atoms with Crippen LogP contribution < -0.4 is 10.7 Å². The van der Waals surface area contributed by atoms with Gasteiger partial charge in [0.2, 0.25) is 5.91 Å². The number of pyridine rings is 2. The van der Waals surface area contributed by atoms with E-state index in [2.05, 4.69) is 25.8 Å². The lowest BCUT2D eigenvalue weighted by atomic mass is 9.99. The Morgan fingerprint density at radius 1 is 1.16 bits per heavy atom. The summed E-state index contributed by atoms with van der Waals surface area (Å²) in [5.41, 5.74) is 8.71. The Bertz CT molecular complexity index is 1170. The first-order valence-corrected chi connectivity index (χ1v) is 9.96. The number of carbonyl (C=O) groups excluding carboxylic acids is 1. The average Bonchev–Trinajstić information content (AvgIpc) is 2.75. The van der Waals surface area contributed by atoms with E-state index in [9.17, 15) is 9.18 Å². The molecule has 2 N–H and O–H groups in total. The van der Waals surface area contributed by atoms with Crippen LogP contribution in [0.25, 0.3) is 16.8 Å². The lowest BCUT2D eigenvalue weighted by molar-refractivity contribution is -0.115. The molecule has 0 radical (unpaired) electrons. The van der Waals surface area contributed by atoms with Crippen LogP contribution in [0.15, 0.2) is 66.0 Å². The highest BCUT2D eigenvalue weighted by molar-refractivity contribution is 5.92. The summed E-state index contributed by atoms with van der Waals surface area (Å²) in [5.74, 6) is -0.474. The van der Waals surface area contributed by atoms with Crippen molar-refractivity contribution in [2.45, 2.75) is 26.3 Å². The monoisotopic (exact) mass is 415 g/mol. The SMILES string of the molecule is Cc1cc(CC(=O)Nc2ccc(-c3cccc(F)c3)nc2)cnc1C1=CC=NNC1C. The third kappa shape index (κ3) is 4.83. The highest BCUT2D eigenvalue weighted by atomic mass is 19.1. The van der Waals surface area contributed by atoms with Crippen molar-refractivity contribution >= 4 is 23.4 Å². The molecule has 0 aliphatic carbocycles. The predicted octanol–water partition coefficient (Wildman–Crippen LogP) is 4.13. The summed E-state index contributed by atoms with van der Waals surface area (Å²) in [6.07, 6.45) is 7.16. The highest BCUT2D eigenvalue weighted by Crippen LogP contribution is 2.22. The molecule has 0 saturated carbocycles.